The summed E-state index contributed by atoms with van der Waals surface area (Å²) >= 11 is 6.74. The van der Waals surface area contributed by atoms with Crippen LogP contribution in [0.3, 0.4) is 0 Å². The van der Waals surface area contributed by atoms with Crippen LogP contribution in [0.15, 0.2) is 36.7 Å². The zero-order valence-corrected chi connectivity index (χ0v) is 31.6. The lowest BCUT2D eigenvalue weighted by atomic mass is 9.85. The number of fused-ring (bicyclic) bond motifs is 1. The van der Waals surface area contributed by atoms with Crippen LogP contribution < -0.4 is 19.9 Å². The van der Waals surface area contributed by atoms with Crippen LogP contribution in [-0.4, -0.2) is 81.5 Å². The van der Waals surface area contributed by atoms with Crippen LogP contribution >= 0.6 is 11.6 Å². The number of hydrogen-bond acceptors (Lipinski definition) is 10. The van der Waals surface area contributed by atoms with Gasteiger partial charge in [0.1, 0.15) is 17.2 Å². The number of morpholine rings is 1. The maximum Gasteiger partial charge on any atom is 0.416 e. The van der Waals surface area contributed by atoms with Gasteiger partial charge in [-0.15, -0.1) is 0 Å². The number of methoxy groups -OCH3 is 1. The molecular formula is C35H49ClN6O5Si. The Morgan fingerprint density at radius 3 is 2.46 bits per heavy atom. The SMILES string of the molecule is COc1cc(N2CCOCC2)c(Cl)cc1Nc1nccc(-c2cnc3c(c2)C(C)(CO[Si](C)(C)C(C)(C)C)CN3C(=O)OC(C)(C)C)n1. The standard InChI is InChI=1S/C35H49ClN6O5Si/c1-33(2,3)47-32(43)42-21-35(7,22-46-48(9,10)34(4,5)6)24-17-23(20-38-30(24)42)26-11-12-37-31(39-26)40-27-18-25(36)28(19-29(27)44-8)41-13-15-45-16-14-41/h11-12,17-20H,13-16,21-22H2,1-10H3,(H,37,39,40). The normalized spacial score (nSPS) is 18.5. The number of hydrogen-bond donors (Lipinski definition) is 1. The van der Waals surface area contributed by atoms with Crippen molar-refractivity contribution < 1.29 is 23.4 Å². The van der Waals surface area contributed by atoms with Gasteiger partial charge in [0.05, 0.1) is 42.4 Å². The van der Waals surface area contributed by atoms with Crippen LogP contribution in [0.4, 0.5) is 27.9 Å². The first kappa shape index (κ1) is 35.8. The van der Waals surface area contributed by atoms with Crippen molar-refractivity contribution in [3.05, 3.63) is 47.2 Å². The zero-order chi connectivity index (χ0) is 35.1. The zero-order valence-electron chi connectivity index (χ0n) is 29.9. The summed E-state index contributed by atoms with van der Waals surface area (Å²) in [5.41, 5.74) is 2.73. The Labute approximate surface area is 290 Å². The highest BCUT2D eigenvalue weighted by molar-refractivity contribution is 6.74. The second-order valence-electron chi connectivity index (χ2n) is 15.3. The fourth-order valence-electron chi connectivity index (χ4n) is 5.47. The molecule has 11 nitrogen and oxygen atoms in total. The smallest absolute Gasteiger partial charge is 0.416 e. The van der Waals surface area contributed by atoms with Crippen molar-refractivity contribution in [1.82, 2.24) is 15.0 Å². The van der Waals surface area contributed by atoms with E-state index in [2.05, 4.69) is 62.1 Å². The molecule has 0 saturated carbocycles. The topological polar surface area (TPSA) is 111 Å². The van der Waals surface area contributed by atoms with Crippen LogP contribution in [0.2, 0.25) is 23.2 Å². The van der Waals surface area contributed by atoms with Gasteiger partial charge in [-0.25, -0.2) is 19.7 Å². The molecule has 1 N–H and O–H groups in total. The Hall–Kier alpha value is -3.45. The largest absolute Gasteiger partial charge is 0.494 e. The highest BCUT2D eigenvalue weighted by Gasteiger charge is 2.47. The van der Waals surface area contributed by atoms with E-state index in [9.17, 15) is 4.79 Å². The summed E-state index contributed by atoms with van der Waals surface area (Å²) in [7, 11) is -0.465. The Kier molecular flexibility index (Phi) is 10.0. The maximum atomic E-state index is 13.4. The van der Waals surface area contributed by atoms with Crippen molar-refractivity contribution in [1.29, 1.82) is 0 Å². The van der Waals surface area contributed by atoms with E-state index in [1.165, 1.54) is 0 Å². The number of benzene rings is 1. The second kappa shape index (κ2) is 13.5. The predicted molar refractivity (Wildman–Crippen MR) is 194 cm³/mol. The van der Waals surface area contributed by atoms with Crippen LogP contribution in [0.25, 0.3) is 11.3 Å². The molecule has 0 spiro atoms. The number of carbonyl (C=O) groups is 1. The maximum absolute atomic E-state index is 13.4. The van der Waals surface area contributed by atoms with E-state index < -0.39 is 25.4 Å². The molecule has 0 aliphatic carbocycles. The predicted octanol–water partition coefficient (Wildman–Crippen LogP) is 7.82. The number of carbonyl (C=O) groups excluding carboxylic acids is 1. The van der Waals surface area contributed by atoms with Gasteiger partial charge in [0.15, 0.2) is 8.32 Å². The lowest BCUT2D eigenvalue weighted by Crippen LogP contribution is -2.46. The van der Waals surface area contributed by atoms with Gasteiger partial charge in [0.25, 0.3) is 0 Å². The average molecular weight is 697 g/mol. The van der Waals surface area contributed by atoms with Crippen molar-refractivity contribution >= 4 is 49.2 Å². The van der Waals surface area contributed by atoms with Crippen molar-refractivity contribution in [3.8, 4) is 17.0 Å². The number of ether oxygens (including phenoxy) is 3. The number of rotatable bonds is 8. The van der Waals surface area contributed by atoms with Crippen LogP contribution in [0, 0.1) is 0 Å². The minimum atomic E-state index is -2.09. The molecule has 2 aliphatic heterocycles. The summed E-state index contributed by atoms with van der Waals surface area (Å²) in [6.45, 7) is 22.5. The Morgan fingerprint density at radius 2 is 1.81 bits per heavy atom. The molecule has 5 rings (SSSR count). The molecule has 2 aromatic heterocycles. The van der Waals surface area contributed by atoms with E-state index in [1.807, 2.05) is 39.0 Å². The van der Waals surface area contributed by atoms with Crippen LogP contribution in [0.5, 0.6) is 5.75 Å². The van der Waals surface area contributed by atoms with E-state index in [0.29, 0.717) is 60.3 Å². The molecule has 0 radical (unpaired) electrons. The minimum Gasteiger partial charge on any atom is -0.494 e. The van der Waals surface area contributed by atoms with Gasteiger partial charge >= 0.3 is 6.09 Å². The van der Waals surface area contributed by atoms with Crippen LogP contribution in [0.1, 0.15) is 54.0 Å². The third-order valence-corrected chi connectivity index (χ3v) is 14.1. The molecule has 48 heavy (non-hydrogen) atoms. The molecule has 1 fully saturated rings. The molecular weight excluding hydrogens is 648 g/mol. The molecule has 1 unspecified atom stereocenters. The van der Waals surface area contributed by atoms with Crippen molar-refractivity contribution in [2.24, 2.45) is 0 Å². The summed E-state index contributed by atoms with van der Waals surface area (Å²) in [4.78, 5) is 31.3. The summed E-state index contributed by atoms with van der Waals surface area (Å²) in [5.74, 6) is 1.57. The third-order valence-electron chi connectivity index (χ3n) is 9.27. The van der Waals surface area contributed by atoms with Crippen molar-refractivity contribution in [2.45, 2.75) is 77.6 Å². The number of nitrogens with one attached hydrogen (secondary N) is 1. The van der Waals surface area contributed by atoms with Crippen molar-refractivity contribution in [3.63, 3.8) is 0 Å². The van der Waals surface area contributed by atoms with Gasteiger partial charge in [0, 0.05) is 61.2 Å². The lowest BCUT2D eigenvalue weighted by molar-refractivity contribution is 0.0574. The monoisotopic (exact) mass is 696 g/mol. The molecule has 0 bridgehead atoms. The van der Waals surface area contributed by atoms with E-state index >= 15 is 0 Å². The van der Waals surface area contributed by atoms with E-state index in [0.717, 1.165) is 29.9 Å². The average Bonchev–Trinajstić information content (AvgIpc) is 3.32. The molecule has 3 aromatic rings. The summed E-state index contributed by atoms with van der Waals surface area (Å²) in [6, 6.07) is 7.65. The number of aromatic nitrogens is 3. The summed E-state index contributed by atoms with van der Waals surface area (Å²) in [5, 5.41) is 3.92. The molecule has 1 atom stereocenters. The van der Waals surface area contributed by atoms with Gasteiger partial charge in [0.2, 0.25) is 5.95 Å². The molecule has 13 heteroatoms. The number of nitrogens with zero attached hydrogens (tertiary/aromatic N) is 5. The summed E-state index contributed by atoms with van der Waals surface area (Å²) < 4.78 is 23.7. The lowest BCUT2D eigenvalue weighted by Gasteiger charge is -2.39. The third kappa shape index (κ3) is 7.72. The Balaban J connectivity index is 1.46. The fourth-order valence-corrected chi connectivity index (χ4v) is 6.87. The second-order valence-corrected chi connectivity index (χ2v) is 20.5. The first-order chi connectivity index (χ1) is 22.4. The molecule has 1 aromatic carbocycles. The quantitative estimate of drug-likeness (QED) is 0.234. The minimum absolute atomic E-state index is 0.0375. The van der Waals surface area contributed by atoms with E-state index in [4.69, 9.17) is 40.2 Å². The number of amides is 1. The van der Waals surface area contributed by atoms with Gasteiger partial charge in [-0.3, -0.25) is 4.90 Å². The van der Waals surface area contributed by atoms with Gasteiger partial charge in [-0.05, 0) is 57.1 Å². The van der Waals surface area contributed by atoms with E-state index in [-0.39, 0.29) is 5.04 Å². The molecule has 1 saturated heterocycles. The fraction of sp³-hybridized carbons (Fsp3) is 0.543. The highest BCUT2D eigenvalue weighted by Crippen LogP contribution is 2.45. The van der Waals surface area contributed by atoms with Crippen molar-refractivity contribution in [2.75, 3.05) is 61.7 Å². The van der Waals surface area contributed by atoms with Gasteiger partial charge < -0.3 is 28.9 Å². The molecule has 2 aliphatic rings. The first-order valence-corrected chi connectivity index (χ1v) is 19.7. The van der Waals surface area contributed by atoms with E-state index in [1.54, 1.807) is 24.4 Å². The number of pyridine rings is 1. The summed E-state index contributed by atoms with van der Waals surface area (Å²) in [6.07, 6.45) is 3.00. The molecule has 260 valence electrons. The number of anilines is 4. The Morgan fingerprint density at radius 1 is 1.10 bits per heavy atom. The number of halogens is 1. The van der Waals surface area contributed by atoms with Crippen LogP contribution in [-0.2, 0) is 19.3 Å². The Bertz CT molecular complexity index is 1650. The molecule has 1 amide bonds. The highest BCUT2D eigenvalue weighted by atomic mass is 35.5. The van der Waals surface area contributed by atoms with Gasteiger partial charge in [-0.2, -0.15) is 0 Å². The molecule has 4 heterocycles. The van der Waals surface area contributed by atoms with Gasteiger partial charge in [-0.1, -0.05) is 39.3 Å². The first-order valence-electron chi connectivity index (χ1n) is 16.4.